The lowest BCUT2D eigenvalue weighted by atomic mass is 9.87. The third-order valence-electron chi connectivity index (χ3n) is 12.7. The van der Waals surface area contributed by atoms with Crippen molar-refractivity contribution >= 4 is 27.6 Å². The van der Waals surface area contributed by atoms with Crippen LogP contribution in [0.15, 0.2) is 24.3 Å². The highest BCUT2D eigenvalue weighted by atomic mass is 31.2. The Morgan fingerprint density at radius 1 is 0.657 bits per heavy atom. The molecule has 1 rings (SSSR count). The van der Waals surface area contributed by atoms with E-state index in [0.717, 1.165) is 44.4 Å². The molecule has 17 nitrogen and oxygen atoms in total. The average Bonchev–Trinajstić information content (AvgIpc) is 3.31. The summed E-state index contributed by atoms with van der Waals surface area (Å²) in [6, 6.07) is 0. The van der Waals surface area contributed by atoms with E-state index in [0.29, 0.717) is 32.1 Å². The van der Waals surface area contributed by atoms with E-state index < -0.39 is 90.8 Å². The van der Waals surface area contributed by atoms with Gasteiger partial charge < -0.3 is 49.3 Å². The molecule has 19 heteroatoms. The van der Waals surface area contributed by atoms with Crippen LogP contribution in [-0.2, 0) is 46.5 Å². The molecule has 1 aliphatic rings. The Hall–Kier alpha value is -1.56. The molecule has 0 amide bonds. The van der Waals surface area contributed by atoms with Gasteiger partial charge in [-0.15, -0.1) is 0 Å². The summed E-state index contributed by atoms with van der Waals surface area (Å²) in [5.74, 6) is -0.710. The van der Waals surface area contributed by atoms with Gasteiger partial charge in [0.2, 0.25) is 0 Å². The van der Waals surface area contributed by atoms with Crippen LogP contribution in [0.25, 0.3) is 0 Å². The highest BCUT2D eigenvalue weighted by Crippen LogP contribution is 2.44. The fourth-order valence-corrected chi connectivity index (χ4v) is 9.29. The number of allylic oxidation sites excluding steroid dienone is 2. The molecule has 0 aromatic carbocycles. The number of phosphoric acid groups is 2. The summed E-state index contributed by atoms with van der Waals surface area (Å²) in [4.78, 5) is 53.2. The average molecular weight is 1040 g/mol. The molecule has 0 bridgehead atoms. The summed E-state index contributed by atoms with van der Waals surface area (Å²) < 4.78 is 53.7. The summed E-state index contributed by atoms with van der Waals surface area (Å²) in [6.07, 6.45) is 30.6. The Bertz CT molecular complexity index is 1460. The lowest BCUT2D eigenvalue weighted by Crippen LogP contribution is -2.43. The van der Waals surface area contributed by atoms with E-state index in [4.69, 9.17) is 33.0 Å². The highest BCUT2D eigenvalue weighted by molar-refractivity contribution is 7.47. The molecular weight excluding hydrogens is 946 g/mol. The Kier molecular flexibility index (Phi) is 39.6. The number of carbonyl (C=O) groups excluding carboxylic acids is 2. The van der Waals surface area contributed by atoms with Crippen molar-refractivity contribution in [1.82, 2.24) is 0 Å². The van der Waals surface area contributed by atoms with E-state index in [1.165, 1.54) is 103 Å². The van der Waals surface area contributed by atoms with Gasteiger partial charge >= 0.3 is 27.6 Å². The maximum Gasteiger partial charge on any atom is 0.472 e. The zero-order chi connectivity index (χ0) is 51.9. The number of carbonyl (C=O) groups is 2. The molecule has 412 valence electrons. The lowest BCUT2D eigenvalue weighted by Gasteiger charge is -2.36. The number of hydrogen-bond donors (Lipinski definition) is 7. The van der Waals surface area contributed by atoms with Crippen LogP contribution in [0.3, 0.4) is 0 Å². The third kappa shape index (κ3) is 39.0. The molecule has 0 spiro atoms. The highest BCUT2D eigenvalue weighted by Gasteiger charge is 2.35. The van der Waals surface area contributed by atoms with Crippen LogP contribution in [-0.4, -0.2) is 110 Å². The van der Waals surface area contributed by atoms with Gasteiger partial charge in [-0.3, -0.25) is 23.2 Å². The first kappa shape index (κ1) is 66.5. The minimum absolute atomic E-state index is 0.0571. The van der Waals surface area contributed by atoms with E-state index >= 15 is 0 Å². The summed E-state index contributed by atoms with van der Waals surface area (Å²) in [5.41, 5.74) is 0. The molecule has 0 saturated carbocycles. The number of unbranched alkanes of at least 4 members (excludes halogenated alkanes) is 20. The SMILES string of the molecule is CCCCC[C@H](O)/C=C/[C@H]1OC(O)C[C@H](O)[C@@H]1C/C=C\CCCC(=O)O[C@H](COC(=O)CCCCCCCCCCCCCCCCCCCCC(C)CC)COP(=O)(O)OC[C@@H](O)COP(=O)(O)O. The van der Waals surface area contributed by atoms with E-state index in [1.807, 2.05) is 12.2 Å². The fraction of sp³-hybridized carbons (Fsp3) is 0.882. The molecule has 0 aliphatic carbocycles. The second-order valence-electron chi connectivity index (χ2n) is 19.3. The van der Waals surface area contributed by atoms with Gasteiger partial charge in [-0.25, -0.2) is 9.13 Å². The second kappa shape index (κ2) is 41.8. The number of rotatable bonds is 46. The zero-order valence-electron chi connectivity index (χ0n) is 43.1. The number of aliphatic hydroxyl groups excluding tert-OH is 4. The minimum atomic E-state index is -4.91. The van der Waals surface area contributed by atoms with Crippen LogP contribution in [0.4, 0.5) is 0 Å². The molecule has 1 fully saturated rings. The van der Waals surface area contributed by atoms with Gasteiger partial charge in [-0.2, -0.15) is 0 Å². The van der Waals surface area contributed by atoms with Crippen LogP contribution in [0, 0.1) is 11.8 Å². The Balaban J connectivity index is 2.46. The van der Waals surface area contributed by atoms with E-state index in [-0.39, 0.29) is 25.2 Å². The summed E-state index contributed by atoms with van der Waals surface area (Å²) >= 11 is 0. The van der Waals surface area contributed by atoms with Gasteiger partial charge in [0.15, 0.2) is 12.4 Å². The molecule has 0 radical (unpaired) electrons. The molecule has 1 aliphatic heterocycles. The van der Waals surface area contributed by atoms with Gasteiger partial charge in [0, 0.05) is 25.2 Å². The van der Waals surface area contributed by atoms with Crippen molar-refractivity contribution in [2.45, 2.75) is 250 Å². The molecule has 0 aromatic rings. The third-order valence-corrected chi connectivity index (χ3v) is 14.1. The van der Waals surface area contributed by atoms with Crippen LogP contribution >= 0.6 is 15.6 Å². The number of phosphoric ester groups is 2. The number of hydrogen-bond acceptors (Lipinski definition) is 14. The summed E-state index contributed by atoms with van der Waals surface area (Å²) in [5, 5.41) is 40.9. The van der Waals surface area contributed by atoms with Gasteiger partial charge in [-0.1, -0.05) is 186 Å². The predicted octanol–water partition coefficient (Wildman–Crippen LogP) is 10.6. The van der Waals surface area contributed by atoms with Crippen molar-refractivity contribution in [1.29, 1.82) is 0 Å². The van der Waals surface area contributed by atoms with Crippen LogP contribution in [0.1, 0.15) is 213 Å². The molecule has 3 unspecified atom stereocenters. The number of aliphatic hydroxyl groups is 4. The van der Waals surface area contributed by atoms with E-state index in [9.17, 15) is 44.0 Å². The molecule has 7 N–H and O–H groups in total. The first-order valence-electron chi connectivity index (χ1n) is 26.8. The minimum Gasteiger partial charge on any atom is -0.462 e. The van der Waals surface area contributed by atoms with Gasteiger partial charge in [-0.05, 0) is 38.0 Å². The monoisotopic (exact) mass is 1040 g/mol. The summed E-state index contributed by atoms with van der Waals surface area (Å²) in [7, 11) is -9.80. The topological polar surface area (TPSA) is 265 Å². The van der Waals surface area contributed by atoms with Crippen molar-refractivity contribution < 1.29 is 81.6 Å². The van der Waals surface area contributed by atoms with Crippen molar-refractivity contribution in [2.75, 3.05) is 26.4 Å². The van der Waals surface area contributed by atoms with E-state index in [2.05, 4.69) is 25.3 Å². The van der Waals surface area contributed by atoms with Gasteiger partial charge in [0.25, 0.3) is 0 Å². The van der Waals surface area contributed by atoms with E-state index in [1.54, 1.807) is 12.2 Å². The molecule has 70 heavy (non-hydrogen) atoms. The maximum atomic E-state index is 12.9. The molecule has 9 atom stereocenters. The largest absolute Gasteiger partial charge is 0.472 e. The maximum absolute atomic E-state index is 12.9. The molecule has 1 saturated heterocycles. The molecular formula is C51H96O17P2. The van der Waals surface area contributed by atoms with Crippen LogP contribution in [0.2, 0.25) is 0 Å². The zero-order valence-corrected chi connectivity index (χ0v) is 44.9. The van der Waals surface area contributed by atoms with Crippen molar-refractivity contribution in [3.8, 4) is 0 Å². The van der Waals surface area contributed by atoms with Crippen molar-refractivity contribution in [3.05, 3.63) is 24.3 Å². The number of ether oxygens (including phenoxy) is 3. The summed E-state index contributed by atoms with van der Waals surface area (Å²) in [6.45, 7) is 3.76. The van der Waals surface area contributed by atoms with Gasteiger partial charge in [0.05, 0.1) is 38.1 Å². The Morgan fingerprint density at radius 2 is 1.19 bits per heavy atom. The van der Waals surface area contributed by atoms with Crippen molar-refractivity contribution in [3.63, 3.8) is 0 Å². The Labute approximate surface area is 420 Å². The quantitative estimate of drug-likeness (QED) is 0.0129. The smallest absolute Gasteiger partial charge is 0.462 e. The van der Waals surface area contributed by atoms with Crippen molar-refractivity contribution in [2.24, 2.45) is 11.8 Å². The predicted molar refractivity (Wildman–Crippen MR) is 270 cm³/mol. The lowest BCUT2D eigenvalue weighted by molar-refractivity contribution is -0.199. The molecule has 1 heterocycles. The van der Waals surface area contributed by atoms with Crippen LogP contribution in [0.5, 0.6) is 0 Å². The fourth-order valence-electron chi connectivity index (χ4n) is 8.13. The van der Waals surface area contributed by atoms with Gasteiger partial charge in [0.1, 0.15) is 12.7 Å². The standard InChI is InChI=1S/C51H96O17P2/c1-4-6-25-31-43(52)35-36-48-46(47(54)37-51(57)68-48)32-27-23-24-29-34-50(56)67-45(41-66-70(61,62)65-39-44(53)38-64-69(58,59)60)40-63-49(55)33-28-22-20-18-16-14-12-10-8-7-9-11-13-15-17-19-21-26-30-42(3)5-2/h23,27,35-36,42-48,51-54,57H,4-22,24-26,28-34,37-41H2,1-3H3,(H,61,62)(H2,58,59,60)/b27-23-,36-35+/t42?,43-,44-,45+,46-,47-,48+,51?/m0/s1. The number of esters is 2. The molecule has 0 aromatic heterocycles. The Morgan fingerprint density at radius 3 is 1.76 bits per heavy atom. The second-order valence-corrected chi connectivity index (χ2v) is 22.0. The normalized spacial score (nSPS) is 20.4. The van der Waals surface area contributed by atoms with Crippen LogP contribution < -0.4 is 0 Å². The first-order chi connectivity index (χ1) is 33.4. The first-order valence-corrected chi connectivity index (χ1v) is 29.8.